The monoisotopic (exact) mass is 420 g/mol. The van der Waals surface area contributed by atoms with Crippen molar-refractivity contribution in [3.05, 3.63) is 82.9 Å². The van der Waals surface area contributed by atoms with Gasteiger partial charge in [0.05, 0.1) is 24.5 Å². The fraction of sp³-hybridized carbons (Fsp3) is 0.0870. The van der Waals surface area contributed by atoms with E-state index < -0.39 is 11.9 Å². The molecule has 0 aliphatic heterocycles. The van der Waals surface area contributed by atoms with E-state index in [9.17, 15) is 19.8 Å². The molecule has 0 aliphatic rings. The minimum absolute atomic E-state index is 0.0362. The first-order valence-electron chi connectivity index (χ1n) is 9.19. The van der Waals surface area contributed by atoms with Crippen LogP contribution >= 0.6 is 0 Å². The molecule has 3 rings (SSSR count). The SMILES string of the molecule is COc1cc(/C=N/NC(=O)c2ccc(O)cc2O)ccc1OC(=O)c1ccc(C)cc1. The van der Waals surface area contributed by atoms with E-state index in [1.165, 1.54) is 25.5 Å². The van der Waals surface area contributed by atoms with Crippen molar-refractivity contribution in [3.8, 4) is 23.0 Å². The van der Waals surface area contributed by atoms with Gasteiger partial charge in [0.25, 0.3) is 5.91 Å². The molecule has 0 aromatic heterocycles. The number of carbonyl (C=O) groups is 2. The molecule has 0 fully saturated rings. The van der Waals surface area contributed by atoms with Crippen molar-refractivity contribution in [2.24, 2.45) is 5.10 Å². The average molecular weight is 420 g/mol. The Morgan fingerprint density at radius 1 is 0.968 bits per heavy atom. The van der Waals surface area contributed by atoms with Gasteiger partial charge in [0.1, 0.15) is 11.5 Å². The van der Waals surface area contributed by atoms with Gasteiger partial charge in [-0.25, -0.2) is 10.2 Å². The number of nitrogens with zero attached hydrogens (tertiary/aromatic N) is 1. The van der Waals surface area contributed by atoms with Gasteiger partial charge in [0.15, 0.2) is 11.5 Å². The van der Waals surface area contributed by atoms with Crippen molar-refractivity contribution in [2.75, 3.05) is 7.11 Å². The van der Waals surface area contributed by atoms with E-state index in [0.717, 1.165) is 11.6 Å². The summed E-state index contributed by atoms with van der Waals surface area (Å²) in [5.41, 5.74) is 4.26. The van der Waals surface area contributed by atoms with Gasteiger partial charge in [0, 0.05) is 6.07 Å². The summed E-state index contributed by atoms with van der Waals surface area (Å²) in [6.07, 6.45) is 1.36. The van der Waals surface area contributed by atoms with Crippen LogP contribution in [0.4, 0.5) is 0 Å². The molecule has 8 nitrogen and oxygen atoms in total. The number of hydrogen-bond acceptors (Lipinski definition) is 7. The third-order valence-corrected chi connectivity index (χ3v) is 4.28. The standard InChI is InChI=1S/C23H20N2O6/c1-14-3-6-16(7-4-14)23(29)31-20-10-5-15(11-21(20)30-2)13-24-25-22(28)18-9-8-17(26)12-19(18)27/h3-13,26-27H,1-2H3,(H,25,28)/b24-13+. The number of hydrogen-bond donors (Lipinski definition) is 3. The second kappa shape index (κ2) is 9.45. The molecule has 0 atom stereocenters. The number of aryl methyl sites for hydroxylation is 1. The van der Waals surface area contributed by atoms with Gasteiger partial charge in [-0.05, 0) is 55.0 Å². The molecule has 0 saturated carbocycles. The topological polar surface area (TPSA) is 117 Å². The number of phenolic OH excluding ortho intramolecular Hbond substituents is 2. The van der Waals surface area contributed by atoms with Crippen LogP contribution in [0.3, 0.4) is 0 Å². The maximum absolute atomic E-state index is 12.3. The molecular formula is C23H20N2O6. The lowest BCUT2D eigenvalue weighted by Crippen LogP contribution is -2.17. The Hall–Kier alpha value is -4.33. The highest BCUT2D eigenvalue weighted by Crippen LogP contribution is 2.28. The first kappa shape index (κ1) is 21.4. The maximum atomic E-state index is 12.3. The predicted molar refractivity (Wildman–Crippen MR) is 114 cm³/mol. The normalized spacial score (nSPS) is 10.6. The van der Waals surface area contributed by atoms with Crippen LogP contribution < -0.4 is 14.9 Å². The number of hydrazone groups is 1. The van der Waals surface area contributed by atoms with Crippen molar-refractivity contribution >= 4 is 18.1 Å². The van der Waals surface area contributed by atoms with Crippen LogP contribution in [0.5, 0.6) is 23.0 Å². The summed E-state index contributed by atoms with van der Waals surface area (Å²) in [6.45, 7) is 1.92. The summed E-state index contributed by atoms with van der Waals surface area (Å²) in [5.74, 6) is -1.14. The Kier molecular flexibility index (Phi) is 6.51. The van der Waals surface area contributed by atoms with E-state index in [1.54, 1.807) is 30.3 Å². The number of nitrogens with one attached hydrogen (secondary N) is 1. The molecule has 0 radical (unpaired) electrons. The Labute approximate surface area is 178 Å². The Bertz CT molecular complexity index is 1140. The number of esters is 1. The fourth-order valence-corrected chi connectivity index (χ4v) is 2.63. The second-order valence-corrected chi connectivity index (χ2v) is 6.57. The highest BCUT2D eigenvalue weighted by atomic mass is 16.6. The number of methoxy groups -OCH3 is 1. The molecule has 0 aliphatic carbocycles. The number of benzene rings is 3. The molecule has 3 N–H and O–H groups in total. The van der Waals surface area contributed by atoms with Gasteiger partial charge in [-0.3, -0.25) is 4.79 Å². The molecule has 8 heteroatoms. The van der Waals surface area contributed by atoms with Crippen molar-refractivity contribution in [1.82, 2.24) is 5.43 Å². The number of ether oxygens (including phenoxy) is 2. The molecule has 0 unspecified atom stereocenters. The highest BCUT2D eigenvalue weighted by molar-refractivity contribution is 5.97. The van der Waals surface area contributed by atoms with Gasteiger partial charge in [-0.1, -0.05) is 17.7 Å². The molecule has 0 bridgehead atoms. The molecule has 3 aromatic rings. The number of rotatable bonds is 6. The summed E-state index contributed by atoms with van der Waals surface area (Å²) in [6, 6.07) is 15.4. The molecule has 31 heavy (non-hydrogen) atoms. The minimum atomic E-state index is -0.649. The van der Waals surface area contributed by atoms with Gasteiger partial charge in [-0.2, -0.15) is 5.10 Å². The zero-order valence-electron chi connectivity index (χ0n) is 16.8. The van der Waals surface area contributed by atoms with Crippen LogP contribution in [0.25, 0.3) is 0 Å². The zero-order valence-corrected chi connectivity index (χ0v) is 16.8. The van der Waals surface area contributed by atoms with Gasteiger partial charge < -0.3 is 19.7 Å². The van der Waals surface area contributed by atoms with Crippen LogP contribution in [0.1, 0.15) is 31.8 Å². The third-order valence-electron chi connectivity index (χ3n) is 4.28. The van der Waals surface area contributed by atoms with Gasteiger partial charge in [-0.15, -0.1) is 0 Å². The number of carbonyl (C=O) groups excluding carboxylic acids is 2. The van der Waals surface area contributed by atoms with Crippen molar-refractivity contribution < 1.29 is 29.3 Å². The van der Waals surface area contributed by atoms with Gasteiger partial charge >= 0.3 is 5.97 Å². The fourth-order valence-electron chi connectivity index (χ4n) is 2.63. The summed E-state index contributed by atoms with van der Waals surface area (Å²) in [5, 5.41) is 22.8. The largest absolute Gasteiger partial charge is 0.508 e. The van der Waals surface area contributed by atoms with E-state index in [2.05, 4.69) is 10.5 Å². The van der Waals surface area contributed by atoms with E-state index >= 15 is 0 Å². The van der Waals surface area contributed by atoms with Crippen molar-refractivity contribution in [1.29, 1.82) is 0 Å². The second-order valence-electron chi connectivity index (χ2n) is 6.57. The van der Waals surface area contributed by atoms with E-state index in [1.807, 2.05) is 19.1 Å². The summed E-state index contributed by atoms with van der Waals surface area (Å²) >= 11 is 0. The van der Waals surface area contributed by atoms with Crippen molar-refractivity contribution in [3.63, 3.8) is 0 Å². The molecule has 1 amide bonds. The molecule has 3 aromatic carbocycles. The Morgan fingerprint density at radius 2 is 1.71 bits per heavy atom. The lowest BCUT2D eigenvalue weighted by atomic mass is 10.1. The van der Waals surface area contributed by atoms with Crippen molar-refractivity contribution in [2.45, 2.75) is 6.92 Å². The summed E-state index contributed by atoms with van der Waals surface area (Å²) < 4.78 is 10.7. The molecule has 0 spiro atoms. The van der Waals surface area contributed by atoms with Crippen LogP contribution in [0, 0.1) is 6.92 Å². The summed E-state index contributed by atoms with van der Waals surface area (Å²) in [7, 11) is 1.44. The van der Waals surface area contributed by atoms with Gasteiger partial charge in [0.2, 0.25) is 0 Å². The summed E-state index contributed by atoms with van der Waals surface area (Å²) in [4.78, 5) is 24.4. The minimum Gasteiger partial charge on any atom is -0.508 e. The number of aromatic hydroxyl groups is 2. The number of phenols is 2. The predicted octanol–water partition coefficient (Wildman–Crippen LogP) is 3.40. The first-order chi connectivity index (χ1) is 14.9. The van der Waals surface area contributed by atoms with Crippen LogP contribution in [-0.4, -0.2) is 35.4 Å². The molecule has 158 valence electrons. The first-order valence-corrected chi connectivity index (χ1v) is 9.19. The lowest BCUT2D eigenvalue weighted by Gasteiger charge is -2.10. The Balaban J connectivity index is 1.68. The maximum Gasteiger partial charge on any atom is 0.343 e. The van der Waals surface area contributed by atoms with E-state index in [0.29, 0.717) is 16.9 Å². The van der Waals surface area contributed by atoms with Crippen LogP contribution in [-0.2, 0) is 0 Å². The quantitative estimate of drug-likeness (QED) is 0.244. The molecule has 0 heterocycles. The zero-order chi connectivity index (χ0) is 22.4. The van der Waals surface area contributed by atoms with E-state index in [4.69, 9.17) is 9.47 Å². The van der Waals surface area contributed by atoms with Crippen LogP contribution in [0.15, 0.2) is 65.8 Å². The molecule has 0 saturated heterocycles. The third kappa shape index (κ3) is 5.39. The Morgan fingerprint density at radius 3 is 2.39 bits per heavy atom. The smallest absolute Gasteiger partial charge is 0.343 e. The van der Waals surface area contributed by atoms with Crippen LogP contribution in [0.2, 0.25) is 0 Å². The highest BCUT2D eigenvalue weighted by Gasteiger charge is 2.13. The average Bonchev–Trinajstić information content (AvgIpc) is 2.75. The van der Waals surface area contributed by atoms with E-state index in [-0.39, 0.29) is 22.8 Å². The number of amides is 1. The lowest BCUT2D eigenvalue weighted by molar-refractivity contribution is 0.0729. The molecular weight excluding hydrogens is 400 g/mol.